The zero-order valence-electron chi connectivity index (χ0n) is 6.44. The minimum absolute atomic E-state index is 1.52. The van der Waals surface area contributed by atoms with Crippen molar-refractivity contribution in [2.75, 3.05) is 0 Å². The quantitative estimate of drug-likeness (QED) is 0.298. The highest BCUT2D eigenvalue weighted by molar-refractivity contribution is 5.73. The van der Waals surface area contributed by atoms with Gasteiger partial charge < -0.3 is 30.3 Å². The molecule has 13 heavy (non-hydrogen) atoms. The van der Waals surface area contributed by atoms with E-state index in [0.29, 0.717) is 0 Å². The Hall–Kier alpha value is -0.730. The van der Waals surface area contributed by atoms with Gasteiger partial charge in [-0.05, 0) is 0 Å². The minimum atomic E-state index is -1.81. The second kappa shape index (κ2) is 3.56. The molecule has 0 saturated carbocycles. The summed E-state index contributed by atoms with van der Waals surface area (Å²) >= 11 is 0. The maximum absolute atomic E-state index is 10.4. The molecule has 0 spiro atoms. The third-order valence-electron chi connectivity index (χ3n) is 1.83. The lowest BCUT2D eigenvalue weighted by Crippen LogP contribution is -2.59. The average molecular weight is 194 g/mol. The Morgan fingerprint density at radius 2 is 1.54 bits per heavy atom. The molecule has 5 N–H and O–H groups in total. The Bertz CT molecular complexity index is 205. The number of rotatable bonds is 1. The van der Waals surface area contributed by atoms with E-state index in [9.17, 15) is 4.79 Å². The van der Waals surface area contributed by atoms with Crippen LogP contribution in [0.2, 0.25) is 0 Å². The first-order valence-electron chi connectivity index (χ1n) is 3.55. The fraction of sp³-hybridized carbons (Fsp3) is 0.833. The molecule has 0 aromatic rings. The van der Waals surface area contributed by atoms with E-state index >= 15 is 0 Å². The van der Waals surface area contributed by atoms with Crippen LogP contribution in [-0.2, 0) is 9.53 Å². The first-order chi connectivity index (χ1) is 5.95. The Morgan fingerprint density at radius 1 is 1.00 bits per heavy atom. The number of aliphatic carboxylic acids is 1. The van der Waals surface area contributed by atoms with Gasteiger partial charge in [0.15, 0.2) is 12.4 Å². The molecule has 0 radical (unpaired) electrons. The van der Waals surface area contributed by atoms with Crippen LogP contribution >= 0.6 is 0 Å². The van der Waals surface area contributed by atoms with Gasteiger partial charge in [-0.15, -0.1) is 0 Å². The number of carboxylic acid groups (broad SMARTS) is 1. The van der Waals surface area contributed by atoms with Crippen LogP contribution < -0.4 is 0 Å². The van der Waals surface area contributed by atoms with Crippen LogP contribution in [0, 0.1) is 0 Å². The van der Waals surface area contributed by atoms with Gasteiger partial charge in [0, 0.05) is 0 Å². The van der Waals surface area contributed by atoms with Crippen molar-refractivity contribution in [3.05, 3.63) is 0 Å². The molecule has 1 heterocycles. The monoisotopic (exact) mass is 194 g/mol. The number of ether oxygens (including phenoxy) is 1. The molecule has 0 bridgehead atoms. The number of hydrogen-bond acceptors (Lipinski definition) is 6. The standard InChI is InChI=1S/C6H10O7/c7-1-2(8)4(5(10)11)13-6(12)3(1)9/h1-4,6-9,12H,(H,10,11)/t1-,2+,3-,4?,6+/m0/s1. The van der Waals surface area contributed by atoms with E-state index in [1.165, 1.54) is 0 Å². The molecule has 0 amide bonds. The highest BCUT2D eigenvalue weighted by Crippen LogP contribution is 2.19. The van der Waals surface area contributed by atoms with Crippen molar-refractivity contribution in [1.82, 2.24) is 0 Å². The number of aliphatic hydroxyl groups is 4. The summed E-state index contributed by atoms with van der Waals surface area (Å²) in [6, 6.07) is 0. The third-order valence-corrected chi connectivity index (χ3v) is 1.83. The molecule has 1 saturated heterocycles. The molecule has 76 valence electrons. The third kappa shape index (κ3) is 1.79. The van der Waals surface area contributed by atoms with Gasteiger partial charge in [-0.25, -0.2) is 4.79 Å². The summed E-state index contributed by atoms with van der Waals surface area (Å²) in [5.41, 5.74) is 0. The van der Waals surface area contributed by atoms with E-state index < -0.39 is 36.7 Å². The maximum Gasteiger partial charge on any atom is 0.335 e. The van der Waals surface area contributed by atoms with Crippen molar-refractivity contribution in [2.24, 2.45) is 0 Å². The lowest BCUT2D eigenvalue weighted by molar-refractivity contribution is -0.279. The Balaban J connectivity index is 2.76. The number of carbonyl (C=O) groups is 1. The van der Waals surface area contributed by atoms with E-state index in [1.54, 1.807) is 0 Å². The highest BCUT2D eigenvalue weighted by Gasteiger charge is 2.46. The molecule has 1 unspecified atom stereocenters. The summed E-state index contributed by atoms with van der Waals surface area (Å²) in [5.74, 6) is -1.52. The van der Waals surface area contributed by atoms with Crippen LogP contribution in [0.5, 0.6) is 0 Å². The second-order valence-electron chi connectivity index (χ2n) is 2.76. The molecule has 0 aromatic heterocycles. The largest absolute Gasteiger partial charge is 0.479 e. The fourth-order valence-corrected chi connectivity index (χ4v) is 1.07. The van der Waals surface area contributed by atoms with E-state index in [0.717, 1.165) is 0 Å². The highest BCUT2D eigenvalue weighted by atomic mass is 16.6. The number of carboxylic acids is 1. The Labute approximate surface area is 72.8 Å². The van der Waals surface area contributed by atoms with Gasteiger partial charge in [0.2, 0.25) is 0 Å². The maximum atomic E-state index is 10.4. The van der Waals surface area contributed by atoms with Crippen molar-refractivity contribution in [3.8, 4) is 0 Å². The summed E-state index contributed by atoms with van der Waals surface area (Å²) in [5, 5.41) is 44.4. The molecule has 7 heteroatoms. The lowest BCUT2D eigenvalue weighted by atomic mass is 9.99. The summed E-state index contributed by atoms with van der Waals surface area (Å²) < 4.78 is 4.34. The van der Waals surface area contributed by atoms with Crippen molar-refractivity contribution >= 4 is 5.97 Å². The smallest absolute Gasteiger partial charge is 0.335 e. The summed E-state index contributed by atoms with van der Waals surface area (Å²) in [6.45, 7) is 0. The number of aliphatic hydroxyl groups excluding tert-OH is 4. The van der Waals surface area contributed by atoms with E-state index in [4.69, 9.17) is 25.5 Å². The van der Waals surface area contributed by atoms with Gasteiger partial charge in [0.1, 0.15) is 18.3 Å². The Morgan fingerprint density at radius 3 is 2.00 bits per heavy atom. The molecular weight excluding hydrogens is 184 g/mol. The fourth-order valence-electron chi connectivity index (χ4n) is 1.07. The van der Waals surface area contributed by atoms with Gasteiger partial charge in [-0.2, -0.15) is 0 Å². The molecule has 1 aliphatic rings. The summed E-state index contributed by atoms with van der Waals surface area (Å²) in [4.78, 5) is 10.4. The molecule has 1 aliphatic heterocycles. The second-order valence-corrected chi connectivity index (χ2v) is 2.76. The first kappa shape index (κ1) is 10.4. The van der Waals surface area contributed by atoms with Crippen LogP contribution in [0.25, 0.3) is 0 Å². The lowest BCUT2D eigenvalue weighted by Gasteiger charge is -2.36. The molecule has 0 aliphatic carbocycles. The summed E-state index contributed by atoms with van der Waals surface area (Å²) in [7, 11) is 0. The van der Waals surface area contributed by atoms with Gasteiger partial charge in [-0.1, -0.05) is 0 Å². The van der Waals surface area contributed by atoms with Crippen LogP contribution in [0.1, 0.15) is 0 Å². The zero-order valence-corrected chi connectivity index (χ0v) is 6.44. The molecule has 5 atom stereocenters. The molecule has 1 rings (SSSR count). The molecule has 0 aromatic carbocycles. The van der Waals surface area contributed by atoms with Gasteiger partial charge in [-0.3, -0.25) is 0 Å². The molecule has 1 fully saturated rings. The van der Waals surface area contributed by atoms with Crippen LogP contribution in [-0.4, -0.2) is 62.2 Å². The predicted octanol–water partition coefficient (Wildman–Crippen LogP) is -3.13. The van der Waals surface area contributed by atoms with Gasteiger partial charge in [0.05, 0.1) is 0 Å². The van der Waals surface area contributed by atoms with E-state index in [1.807, 2.05) is 0 Å². The average Bonchev–Trinajstić information content (AvgIpc) is 2.07. The normalized spacial score (nSPS) is 46.0. The van der Waals surface area contributed by atoms with E-state index in [2.05, 4.69) is 4.74 Å². The van der Waals surface area contributed by atoms with E-state index in [-0.39, 0.29) is 0 Å². The van der Waals surface area contributed by atoms with Gasteiger partial charge >= 0.3 is 5.97 Å². The predicted molar refractivity (Wildman–Crippen MR) is 36.5 cm³/mol. The van der Waals surface area contributed by atoms with Crippen molar-refractivity contribution in [3.63, 3.8) is 0 Å². The van der Waals surface area contributed by atoms with Crippen molar-refractivity contribution in [2.45, 2.75) is 30.7 Å². The SMILES string of the molecule is O=C(O)C1O[C@@H](O)[C@@H](O)[C@@H](O)[C@H]1O. The molecule has 7 nitrogen and oxygen atoms in total. The van der Waals surface area contributed by atoms with Crippen LogP contribution in [0.4, 0.5) is 0 Å². The van der Waals surface area contributed by atoms with Crippen LogP contribution in [0.15, 0.2) is 0 Å². The van der Waals surface area contributed by atoms with Gasteiger partial charge in [0.25, 0.3) is 0 Å². The minimum Gasteiger partial charge on any atom is -0.479 e. The van der Waals surface area contributed by atoms with Crippen molar-refractivity contribution in [1.29, 1.82) is 0 Å². The zero-order chi connectivity index (χ0) is 10.2. The Kier molecular flexibility index (Phi) is 2.84. The number of hydrogen-bond donors (Lipinski definition) is 5. The topological polar surface area (TPSA) is 127 Å². The van der Waals surface area contributed by atoms with Crippen molar-refractivity contribution < 1.29 is 35.1 Å². The summed E-state index contributed by atoms with van der Waals surface area (Å²) in [6.07, 6.45) is -8.72. The first-order valence-corrected chi connectivity index (χ1v) is 3.55. The molecular formula is C6H10O7. The van der Waals surface area contributed by atoms with Crippen LogP contribution in [0.3, 0.4) is 0 Å².